The second-order valence-corrected chi connectivity index (χ2v) is 5.54. The summed E-state index contributed by atoms with van der Waals surface area (Å²) in [6.45, 7) is 13.6. The van der Waals surface area contributed by atoms with Crippen molar-refractivity contribution in [2.45, 2.75) is 13.8 Å². The third-order valence-electron chi connectivity index (χ3n) is 4.20. The first kappa shape index (κ1) is 15.6. The highest BCUT2D eigenvalue weighted by atomic mass is 16.1. The standard InChI is InChI=1S/C17H25N3O/c1-4-17(21)18-8-9-19-10-12-20(13-11-19)16-7-5-6-14(2)15(16)3/h4-7H,1,8-13H2,2-3H3,(H,18,21). The second-order valence-electron chi connectivity index (χ2n) is 5.54. The number of amides is 1. The zero-order chi connectivity index (χ0) is 15.2. The van der Waals surface area contributed by atoms with Crippen LogP contribution in [-0.4, -0.2) is 50.1 Å². The van der Waals surface area contributed by atoms with Gasteiger partial charge in [0, 0.05) is 45.0 Å². The average molecular weight is 287 g/mol. The van der Waals surface area contributed by atoms with E-state index >= 15 is 0 Å². The molecule has 1 aromatic carbocycles. The molecule has 0 radical (unpaired) electrons. The van der Waals surface area contributed by atoms with Gasteiger partial charge < -0.3 is 10.2 Å². The monoisotopic (exact) mass is 287 g/mol. The molecule has 0 aromatic heterocycles. The van der Waals surface area contributed by atoms with Gasteiger partial charge in [0.05, 0.1) is 0 Å². The highest BCUT2D eigenvalue weighted by Gasteiger charge is 2.18. The van der Waals surface area contributed by atoms with E-state index in [1.165, 1.54) is 22.9 Å². The van der Waals surface area contributed by atoms with Gasteiger partial charge in [-0.3, -0.25) is 9.69 Å². The second kappa shape index (κ2) is 7.27. The zero-order valence-corrected chi connectivity index (χ0v) is 13.1. The Morgan fingerprint density at radius 1 is 1.29 bits per heavy atom. The largest absolute Gasteiger partial charge is 0.369 e. The van der Waals surface area contributed by atoms with E-state index in [1.54, 1.807) is 0 Å². The number of hydrogen-bond acceptors (Lipinski definition) is 3. The van der Waals surface area contributed by atoms with Crippen LogP contribution in [0.3, 0.4) is 0 Å². The molecule has 1 heterocycles. The fourth-order valence-electron chi connectivity index (χ4n) is 2.70. The zero-order valence-electron chi connectivity index (χ0n) is 13.1. The minimum Gasteiger partial charge on any atom is -0.369 e. The van der Waals surface area contributed by atoms with Gasteiger partial charge in [-0.05, 0) is 37.1 Å². The summed E-state index contributed by atoms with van der Waals surface area (Å²) in [5.41, 5.74) is 4.08. The molecule has 4 heteroatoms. The Kier molecular flexibility index (Phi) is 5.39. The molecule has 1 saturated heterocycles. The fraction of sp³-hybridized carbons (Fsp3) is 0.471. The van der Waals surface area contributed by atoms with Crippen LogP contribution >= 0.6 is 0 Å². The summed E-state index contributed by atoms with van der Waals surface area (Å²) in [6.07, 6.45) is 1.32. The number of hydrogen-bond donors (Lipinski definition) is 1. The normalized spacial score (nSPS) is 15.8. The van der Waals surface area contributed by atoms with Crippen molar-refractivity contribution in [3.8, 4) is 0 Å². The SMILES string of the molecule is C=CC(=O)NCCN1CCN(c2cccc(C)c2C)CC1. The lowest BCUT2D eigenvalue weighted by molar-refractivity contribution is -0.116. The average Bonchev–Trinajstić information content (AvgIpc) is 2.51. The molecule has 1 fully saturated rings. The van der Waals surface area contributed by atoms with Gasteiger partial charge in [-0.1, -0.05) is 18.7 Å². The van der Waals surface area contributed by atoms with Gasteiger partial charge in [-0.15, -0.1) is 0 Å². The summed E-state index contributed by atoms with van der Waals surface area (Å²) in [6, 6.07) is 6.51. The highest BCUT2D eigenvalue weighted by molar-refractivity contribution is 5.86. The lowest BCUT2D eigenvalue weighted by atomic mass is 10.1. The van der Waals surface area contributed by atoms with E-state index in [4.69, 9.17) is 0 Å². The number of anilines is 1. The van der Waals surface area contributed by atoms with E-state index < -0.39 is 0 Å². The predicted octanol–water partition coefficient (Wildman–Crippen LogP) is 1.73. The van der Waals surface area contributed by atoms with E-state index in [1.807, 2.05) is 0 Å². The third kappa shape index (κ3) is 4.08. The van der Waals surface area contributed by atoms with E-state index in [0.717, 1.165) is 32.7 Å². The van der Waals surface area contributed by atoms with Gasteiger partial charge >= 0.3 is 0 Å². The number of nitrogens with one attached hydrogen (secondary N) is 1. The van der Waals surface area contributed by atoms with Crippen molar-refractivity contribution in [2.24, 2.45) is 0 Å². The van der Waals surface area contributed by atoms with Crippen molar-refractivity contribution >= 4 is 11.6 Å². The molecule has 114 valence electrons. The number of piperazine rings is 1. The molecule has 1 aliphatic heterocycles. The van der Waals surface area contributed by atoms with Crippen LogP contribution < -0.4 is 10.2 Å². The molecule has 2 rings (SSSR count). The van der Waals surface area contributed by atoms with Crippen molar-refractivity contribution in [2.75, 3.05) is 44.2 Å². The van der Waals surface area contributed by atoms with Crippen molar-refractivity contribution in [1.82, 2.24) is 10.2 Å². The number of carbonyl (C=O) groups is 1. The van der Waals surface area contributed by atoms with Crippen molar-refractivity contribution < 1.29 is 4.79 Å². The summed E-state index contributed by atoms with van der Waals surface area (Å²) < 4.78 is 0. The van der Waals surface area contributed by atoms with Crippen molar-refractivity contribution in [3.05, 3.63) is 42.0 Å². The smallest absolute Gasteiger partial charge is 0.243 e. The minimum atomic E-state index is -0.0935. The molecule has 0 aliphatic carbocycles. The summed E-state index contributed by atoms with van der Waals surface area (Å²) in [7, 11) is 0. The molecule has 1 amide bonds. The fourth-order valence-corrected chi connectivity index (χ4v) is 2.70. The van der Waals surface area contributed by atoms with E-state index in [2.05, 4.69) is 53.7 Å². The molecular formula is C17H25N3O. The lowest BCUT2D eigenvalue weighted by Gasteiger charge is -2.37. The number of nitrogens with zero attached hydrogens (tertiary/aromatic N) is 2. The Morgan fingerprint density at radius 3 is 2.67 bits per heavy atom. The van der Waals surface area contributed by atoms with Crippen molar-refractivity contribution in [1.29, 1.82) is 0 Å². The number of benzene rings is 1. The van der Waals surface area contributed by atoms with Crippen LogP contribution in [0.1, 0.15) is 11.1 Å². The van der Waals surface area contributed by atoms with Crippen molar-refractivity contribution in [3.63, 3.8) is 0 Å². The summed E-state index contributed by atoms with van der Waals surface area (Å²) in [5, 5.41) is 2.83. The van der Waals surface area contributed by atoms with Crippen LogP contribution in [0.2, 0.25) is 0 Å². The van der Waals surface area contributed by atoms with Gasteiger partial charge in [0.25, 0.3) is 0 Å². The molecule has 0 bridgehead atoms. The lowest BCUT2D eigenvalue weighted by Crippen LogP contribution is -2.48. The molecule has 1 aliphatic rings. The molecule has 0 saturated carbocycles. The Balaban J connectivity index is 1.82. The van der Waals surface area contributed by atoms with Gasteiger partial charge in [-0.25, -0.2) is 0 Å². The number of rotatable bonds is 5. The van der Waals surface area contributed by atoms with Crippen LogP contribution in [0.25, 0.3) is 0 Å². The molecule has 4 nitrogen and oxygen atoms in total. The maximum Gasteiger partial charge on any atom is 0.243 e. The maximum absolute atomic E-state index is 11.1. The van der Waals surface area contributed by atoms with Gasteiger partial charge in [0.1, 0.15) is 0 Å². The number of carbonyl (C=O) groups excluding carboxylic acids is 1. The first-order valence-electron chi connectivity index (χ1n) is 7.55. The highest BCUT2D eigenvalue weighted by Crippen LogP contribution is 2.23. The molecule has 1 aromatic rings. The molecule has 0 spiro atoms. The Bertz CT molecular complexity index is 505. The van der Waals surface area contributed by atoms with Gasteiger partial charge in [0.2, 0.25) is 5.91 Å². The summed E-state index contributed by atoms with van der Waals surface area (Å²) in [4.78, 5) is 16.0. The van der Waals surface area contributed by atoms with Crippen LogP contribution in [0.4, 0.5) is 5.69 Å². The number of aryl methyl sites for hydroxylation is 1. The van der Waals surface area contributed by atoms with Gasteiger partial charge in [-0.2, -0.15) is 0 Å². The first-order chi connectivity index (χ1) is 10.1. The van der Waals surface area contributed by atoms with E-state index in [9.17, 15) is 4.79 Å². The Labute approximate surface area is 127 Å². The van der Waals surface area contributed by atoms with Crippen LogP contribution in [0.15, 0.2) is 30.9 Å². The minimum absolute atomic E-state index is 0.0935. The Morgan fingerprint density at radius 2 is 2.00 bits per heavy atom. The van der Waals surface area contributed by atoms with Crippen LogP contribution in [0, 0.1) is 13.8 Å². The van der Waals surface area contributed by atoms with Gasteiger partial charge in [0.15, 0.2) is 0 Å². The van der Waals surface area contributed by atoms with Crippen LogP contribution in [-0.2, 0) is 4.79 Å². The maximum atomic E-state index is 11.1. The molecule has 0 unspecified atom stereocenters. The summed E-state index contributed by atoms with van der Waals surface area (Å²) in [5.74, 6) is -0.0935. The topological polar surface area (TPSA) is 35.6 Å². The van der Waals surface area contributed by atoms with E-state index in [0.29, 0.717) is 6.54 Å². The first-order valence-corrected chi connectivity index (χ1v) is 7.55. The Hall–Kier alpha value is -1.81. The quantitative estimate of drug-likeness (QED) is 0.838. The molecular weight excluding hydrogens is 262 g/mol. The molecule has 0 atom stereocenters. The molecule has 1 N–H and O–H groups in total. The van der Waals surface area contributed by atoms with E-state index in [-0.39, 0.29) is 5.91 Å². The predicted molar refractivity (Wildman–Crippen MR) is 87.8 cm³/mol. The third-order valence-corrected chi connectivity index (χ3v) is 4.20. The van der Waals surface area contributed by atoms with Crippen LogP contribution in [0.5, 0.6) is 0 Å². The summed E-state index contributed by atoms with van der Waals surface area (Å²) >= 11 is 0. The molecule has 21 heavy (non-hydrogen) atoms.